The quantitative estimate of drug-likeness (QED) is 0.337. The normalized spacial score (nSPS) is 20.3. The molecule has 4 N–H and O–H groups in total. The van der Waals surface area contributed by atoms with E-state index in [-0.39, 0.29) is 45.5 Å². The SMILES string of the molecule is CC1(C)NS(=O)(=O)C(c2ccccc2C(F)(F)F)=C1O.CC1=C(c2ccccc2C(F)(F)F)S(=O)(=O)NC1(C)C.[Na+].[OH-]. The van der Waals surface area contributed by atoms with E-state index in [1.165, 1.54) is 45.0 Å². The molecule has 0 saturated carbocycles. The maximum atomic E-state index is 13.0. The standard InChI is InChI=1S/C13H14F3NO2S.C12H12F3NO3S.Na.H2O/c1-8-11(20(18,19)17-12(8,2)3)9-6-4-5-7-10(9)13(14,15)16;1-11(2)10(17)9(20(18,19)16-11)7-5-3-4-6-8(7)12(13,14)15;;/h4-7,17H,1-3H3;3-6,16-17H,1-2H3;;1H2/q;;+1;/p-1. The third-order valence-electron chi connectivity index (χ3n) is 6.36. The number of rotatable bonds is 2. The Hall–Kier alpha value is -1.92. The summed E-state index contributed by atoms with van der Waals surface area (Å²) >= 11 is 0. The molecule has 2 aliphatic heterocycles. The molecule has 0 aliphatic carbocycles. The Morgan fingerprint density at radius 1 is 0.667 bits per heavy atom. The Morgan fingerprint density at radius 3 is 1.31 bits per heavy atom. The zero-order valence-electron chi connectivity index (χ0n) is 23.2. The van der Waals surface area contributed by atoms with Crippen molar-refractivity contribution in [1.82, 2.24) is 9.44 Å². The fourth-order valence-electron chi connectivity index (χ4n) is 4.27. The fraction of sp³-hybridized carbons (Fsp3) is 0.360. The number of hydrogen-bond donors (Lipinski definition) is 3. The van der Waals surface area contributed by atoms with E-state index in [0.29, 0.717) is 5.57 Å². The second kappa shape index (κ2) is 12.2. The van der Waals surface area contributed by atoms with Gasteiger partial charge in [-0.25, -0.2) is 21.6 Å². The molecule has 0 spiro atoms. The average molecular weight is 653 g/mol. The van der Waals surface area contributed by atoms with E-state index < -0.39 is 70.8 Å². The van der Waals surface area contributed by atoms with Crippen LogP contribution in [0.15, 0.2) is 59.9 Å². The Bertz CT molecular complexity index is 1510. The number of sulfonamides is 2. The van der Waals surface area contributed by atoms with E-state index in [1.807, 2.05) is 0 Å². The number of alkyl halides is 6. The zero-order chi connectivity index (χ0) is 30.7. The number of benzene rings is 2. The van der Waals surface area contributed by atoms with Crippen molar-refractivity contribution in [2.75, 3.05) is 0 Å². The summed E-state index contributed by atoms with van der Waals surface area (Å²) in [5, 5.41) is 9.97. The second-order valence-corrected chi connectivity index (χ2v) is 13.4. The van der Waals surface area contributed by atoms with Gasteiger partial charge in [0.1, 0.15) is 10.7 Å². The van der Waals surface area contributed by atoms with Gasteiger partial charge in [0.2, 0.25) is 20.0 Å². The molecular formula is C25H27F6N2NaO6S2. The van der Waals surface area contributed by atoms with Gasteiger partial charge < -0.3 is 10.6 Å². The van der Waals surface area contributed by atoms with Gasteiger partial charge in [-0.15, -0.1) is 0 Å². The summed E-state index contributed by atoms with van der Waals surface area (Å²) in [5.41, 5.74) is -4.79. The van der Waals surface area contributed by atoms with E-state index in [9.17, 15) is 48.3 Å². The van der Waals surface area contributed by atoms with E-state index in [4.69, 9.17) is 0 Å². The van der Waals surface area contributed by atoms with Gasteiger partial charge in [-0.3, -0.25) is 0 Å². The topological polar surface area (TPSA) is 143 Å². The predicted octanol–water partition coefficient (Wildman–Crippen LogP) is 2.62. The fourth-order valence-corrected chi connectivity index (χ4v) is 8.17. The zero-order valence-corrected chi connectivity index (χ0v) is 26.9. The first kappa shape index (κ1) is 38.1. The Kier molecular flexibility index (Phi) is 11.1. The average Bonchev–Trinajstić information content (AvgIpc) is 3.05. The molecule has 0 amide bonds. The van der Waals surface area contributed by atoms with Gasteiger partial charge in [-0.1, -0.05) is 36.4 Å². The van der Waals surface area contributed by atoms with Crippen LogP contribution in [0.1, 0.15) is 56.9 Å². The Morgan fingerprint density at radius 2 is 1.00 bits per heavy atom. The molecule has 2 heterocycles. The number of hydrogen-bond acceptors (Lipinski definition) is 6. The van der Waals surface area contributed by atoms with E-state index >= 15 is 0 Å². The molecule has 4 rings (SSSR count). The Labute approximate surface area is 261 Å². The third kappa shape index (κ3) is 7.41. The third-order valence-corrected chi connectivity index (χ3v) is 9.93. The molecule has 42 heavy (non-hydrogen) atoms. The van der Waals surface area contributed by atoms with Gasteiger partial charge in [-0.05, 0) is 52.3 Å². The molecule has 0 saturated heterocycles. The van der Waals surface area contributed by atoms with Gasteiger partial charge in [0.25, 0.3) is 0 Å². The van der Waals surface area contributed by atoms with Gasteiger partial charge >= 0.3 is 41.9 Å². The maximum absolute atomic E-state index is 13.0. The monoisotopic (exact) mass is 652 g/mol. The van der Waals surface area contributed by atoms with E-state index in [0.717, 1.165) is 24.3 Å². The number of nitrogens with one attached hydrogen (secondary N) is 2. The molecule has 0 unspecified atom stereocenters. The smallest absolute Gasteiger partial charge is 0.870 e. The summed E-state index contributed by atoms with van der Waals surface area (Å²) in [6.45, 7) is 7.48. The largest absolute Gasteiger partial charge is 1.00 e. The van der Waals surface area contributed by atoms with Crippen LogP contribution in [-0.4, -0.2) is 38.5 Å². The van der Waals surface area contributed by atoms with E-state index in [2.05, 4.69) is 9.44 Å². The number of halogens is 6. The summed E-state index contributed by atoms with van der Waals surface area (Å²) < 4.78 is 131. The molecule has 0 atom stereocenters. The molecule has 0 fully saturated rings. The number of aliphatic hydroxyl groups is 1. The molecule has 8 nitrogen and oxygen atoms in total. The molecule has 0 bridgehead atoms. The first-order valence-electron chi connectivity index (χ1n) is 11.5. The minimum absolute atomic E-state index is 0. The van der Waals surface area contributed by atoms with Crippen LogP contribution in [0.25, 0.3) is 9.81 Å². The van der Waals surface area contributed by atoms with Crippen LogP contribution in [0, 0.1) is 0 Å². The van der Waals surface area contributed by atoms with Crippen molar-refractivity contribution in [3.63, 3.8) is 0 Å². The molecule has 228 valence electrons. The van der Waals surface area contributed by atoms with E-state index in [1.54, 1.807) is 13.8 Å². The summed E-state index contributed by atoms with van der Waals surface area (Å²) in [6.07, 6.45) is -9.32. The van der Waals surface area contributed by atoms with Crippen LogP contribution in [-0.2, 0) is 32.4 Å². The predicted molar refractivity (Wildman–Crippen MR) is 139 cm³/mol. The van der Waals surface area contributed by atoms with Crippen molar-refractivity contribution in [3.05, 3.63) is 82.1 Å². The number of aliphatic hydroxyl groups excluding tert-OH is 1. The van der Waals surface area contributed by atoms with Crippen molar-refractivity contribution < 1.29 is 83.3 Å². The maximum Gasteiger partial charge on any atom is 1.00 e. The minimum atomic E-state index is -4.72. The van der Waals surface area contributed by atoms with Crippen LogP contribution in [0.4, 0.5) is 26.3 Å². The van der Waals surface area contributed by atoms with Crippen molar-refractivity contribution in [1.29, 1.82) is 0 Å². The molecule has 2 aromatic rings. The molecule has 2 aromatic carbocycles. The van der Waals surface area contributed by atoms with Crippen molar-refractivity contribution in [2.45, 2.75) is 58.0 Å². The van der Waals surface area contributed by atoms with Gasteiger partial charge in [0.15, 0.2) is 0 Å². The molecule has 17 heteroatoms. The first-order valence-corrected chi connectivity index (χ1v) is 14.5. The van der Waals surface area contributed by atoms with Crippen LogP contribution < -0.4 is 39.0 Å². The van der Waals surface area contributed by atoms with Crippen molar-refractivity contribution in [3.8, 4) is 0 Å². The van der Waals surface area contributed by atoms with Crippen molar-refractivity contribution >= 4 is 29.9 Å². The summed E-state index contributed by atoms with van der Waals surface area (Å²) in [4.78, 5) is -1.01. The summed E-state index contributed by atoms with van der Waals surface area (Å²) in [7, 11) is -8.15. The Balaban J connectivity index is 0.000000401. The van der Waals surface area contributed by atoms with Crippen LogP contribution >= 0.6 is 0 Å². The van der Waals surface area contributed by atoms with Gasteiger partial charge in [-0.2, -0.15) is 31.1 Å². The second-order valence-electron chi connectivity index (χ2n) is 10.2. The molecule has 0 aromatic heterocycles. The van der Waals surface area contributed by atoms with Gasteiger partial charge in [0, 0.05) is 16.7 Å². The minimum Gasteiger partial charge on any atom is -0.870 e. The summed E-state index contributed by atoms with van der Waals surface area (Å²) in [5.74, 6) is -0.630. The van der Waals surface area contributed by atoms with Gasteiger partial charge in [0.05, 0.1) is 21.6 Å². The van der Waals surface area contributed by atoms with Crippen LogP contribution in [0.5, 0.6) is 0 Å². The van der Waals surface area contributed by atoms with Crippen LogP contribution in [0.2, 0.25) is 0 Å². The molecule has 0 radical (unpaired) electrons. The van der Waals surface area contributed by atoms with Crippen LogP contribution in [0.3, 0.4) is 0 Å². The molecular weight excluding hydrogens is 625 g/mol. The first-order chi connectivity index (χ1) is 17.9. The van der Waals surface area contributed by atoms with Crippen molar-refractivity contribution in [2.24, 2.45) is 0 Å². The molecule has 2 aliphatic rings. The summed E-state index contributed by atoms with van der Waals surface area (Å²) in [6, 6.07) is 8.94.